The molecule has 0 unspecified atom stereocenters. The lowest BCUT2D eigenvalue weighted by atomic mass is 10.1. The number of H-pyrrole nitrogens is 1. The molecule has 0 aliphatic rings. The minimum Gasteiger partial charge on any atom is -0.497 e. The van der Waals surface area contributed by atoms with Crippen LogP contribution >= 0.6 is 12.2 Å². The Hall–Kier alpha value is -2.60. The van der Waals surface area contributed by atoms with Gasteiger partial charge in [-0.15, -0.1) is 0 Å². The van der Waals surface area contributed by atoms with E-state index in [1.54, 1.807) is 7.11 Å². The van der Waals surface area contributed by atoms with E-state index < -0.39 is 0 Å². The van der Waals surface area contributed by atoms with Gasteiger partial charge in [0.1, 0.15) is 17.3 Å². The predicted octanol–water partition coefficient (Wildman–Crippen LogP) is 3.93. The summed E-state index contributed by atoms with van der Waals surface area (Å²) in [6.45, 7) is 2.63. The fraction of sp³-hybridized carbons (Fsp3) is 0.222. The van der Waals surface area contributed by atoms with Crippen LogP contribution in [-0.2, 0) is 6.42 Å². The van der Waals surface area contributed by atoms with E-state index in [2.05, 4.69) is 10.2 Å². The summed E-state index contributed by atoms with van der Waals surface area (Å²) in [7, 11) is 1.65. The number of aromatic nitrogens is 3. The molecule has 0 radical (unpaired) electrons. The van der Waals surface area contributed by atoms with Crippen LogP contribution in [0.2, 0.25) is 0 Å². The summed E-state index contributed by atoms with van der Waals surface area (Å²) in [5.74, 6) is 2.53. The SMILES string of the molecule is CCOc1ccc(Cc2n[nH]c(=S)n2-c2ccc(OC)cc2)cc1. The first kappa shape index (κ1) is 16.3. The number of nitrogens with one attached hydrogen (secondary N) is 1. The number of hydrogen-bond acceptors (Lipinski definition) is 4. The molecule has 1 heterocycles. The standard InChI is InChI=1S/C18H19N3O2S/c1-3-23-16-8-4-13(5-9-16)12-17-19-20-18(24)21(17)14-6-10-15(22-2)11-7-14/h4-11H,3,12H2,1-2H3,(H,20,24). The normalized spacial score (nSPS) is 10.6. The van der Waals surface area contributed by atoms with E-state index in [9.17, 15) is 0 Å². The summed E-state index contributed by atoms with van der Waals surface area (Å²) < 4.78 is 13.2. The van der Waals surface area contributed by atoms with Crippen LogP contribution in [0.3, 0.4) is 0 Å². The minimum atomic E-state index is 0.570. The van der Waals surface area contributed by atoms with E-state index in [-0.39, 0.29) is 0 Å². The first-order valence-electron chi connectivity index (χ1n) is 7.73. The summed E-state index contributed by atoms with van der Waals surface area (Å²) in [5, 5.41) is 7.25. The van der Waals surface area contributed by atoms with E-state index in [1.807, 2.05) is 60.0 Å². The number of benzene rings is 2. The van der Waals surface area contributed by atoms with Gasteiger partial charge in [0, 0.05) is 12.1 Å². The molecule has 124 valence electrons. The predicted molar refractivity (Wildman–Crippen MR) is 95.7 cm³/mol. The molecule has 0 bridgehead atoms. The fourth-order valence-corrected chi connectivity index (χ4v) is 2.75. The Morgan fingerprint density at radius 3 is 2.33 bits per heavy atom. The average Bonchev–Trinajstić information content (AvgIpc) is 2.97. The molecule has 0 aliphatic heterocycles. The number of aromatic amines is 1. The van der Waals surface area contributed by atoms with Gasteiger partial charge < -0.3 is 9.47 Å². The third-order valence-electron chi connectivity index (χ3n) is 3.67. The Bertz CT molecular complexity index is 851. The molecule has 0 amide bonds. The Morgan fingerprint density at radius 1 is 1.04 bits per heavy atom. The van der Waals surface area contributed by atoms with E-state index in [0.29, 0.717) is 17.8 Å². The van der Waals surface area contributed by atoms with Crippen LogP contribution in [0.25, 0.3) is 5.69 Å². The average molecular weight is 341 g/mol. The van der Waals surface area contributed by atoms with Gasteiger partial charge in [-0.2, -0.15) is 5.10 Å². The zero-order chi connectivity index (χ0) is 16.9. The molecule has 0 saturated carbocycles. The van der Waals surface area contributed by atoms with Crippen molar-refractivity contribution in [2.75, 3.05) is 13.7 Å². The second kappa shape index (κ2) is 7.31. The lowest BCUT2D eigenvalue weighted by molar-refractivity contribution is 0.340. The fourth-order valence-electron chi connectivity index (χ4n) is 2.50. The molecule has 24 heavy (non-hydrogen) atoms. The van der Waals surface area contributed by atoms with Crippen molar-refractivity contribution in [2.45, 2.75) is 13.3 Å². The van der Waals surface area contributed by atoms with Gasteiger partial charge in [-0.1, -0.05) is 12.1 Å². The number of ether oxygens (including phenoxy) is 2. The first-order chi connectivity index (χ1) is 11.7. The maximum atomic E-state index is 5.47. The van der Waals surface area contributed by atoms with Crippen molar-refractivity contribution in [1.82, 2.24) is 14.8 Å². The van der Waals surface area contributed by atoms with Crippen LogP contribution in [-0.4, -0.2) is 28.5 Å². The monoisotopic (exact) mass is 341 g/mol. The first-order valence-corrected chi connectivity index (χ1v) is 8.14. The third-order valence-corrected chi connectivity index (χ3v) is 3.94. The topological polar surface area (TPSA) is 52.1 Å². The molecule has 0 atom stereocenters. The third kappa shape index (κ3) is 3.49. The van der Waals surface area contributed by atoms with Gasteiger partial charge in [-0.25, -0.2) is 0 Å². The summed E-state index contributed by atoms with van der Waals surface area (Å²) in [4.78, 5) is 0. The molecule has 3 rings (SSSR count). The van der Waals surface area contributed by atoms with E-state index >= 15 is 0 Å². The Kier molecular flexibility index (Phi) is 4.96. The zero-order valence-electron chi connectivity index (χ0n) is 13.7. The zero-order valence-corrected chi connectivity index (χ0v) is 14.5. The molecule has 1 N–H and O–H groups in total. The Morgan fingerprint density at radius 2 is 1.71 bits per heavy atom. The van der Waals surface area contributed by atoms with Gasteiger partial charge in [-0.3, -0.25) is 9.67 Å². The Labute approximate surface area is 145 Å². The van der Waals surface area contributed by atoms with Crippen molar-refractivity contribution >= 4 is 12.2 Å². The maximum absolute atomic E-state index is 5.47. The van der Waals surface area contributed by atoms with Gasteiger partial charge in [-0.05, 0) is 61.1 Å². The molecule has 3 aromatic rings. The molecule has 0 fully saturated rings. The molecular formula is C18H19N3O2S. The van der Waals surface area contributed by atoms with E-state index in [4.69, 9.17) is 21.7 Å². The van der Waals surface area contributed by atoms with Crippen molar-refractivity contribution < 1.29 is 9.47 Å². The number of methoxy groups -OCH3 is 1. The minimum absolute atomic E-state index is 0.570. The van der Waals surface area contributed by atoms with Crippen LogP contribution in [0.1, 0.15) is 18.3 Å². The van der Waals surface area contributed by atoms with Gasteiger partial charge in [0.2, 0.25) is 0 Å². The quantitative estimate of drug-likeness (QED) is 0.690. The van der Waals surface area contributed by atoms with Crippen LogP contribution in [0.15, 0.2) is 48.5 Å². The number of nitrogens with zero attached hydrogens (tertiary/aromatic N) is 2. The highest BCUT2D eigenvalue weighted by Crippen LogP contribution is 2.19. The van der Waals surface area contributed by atoms with Gasteiger partial charge in [0.05, 0.1) is 13.7 Å². The van der Waals surface area contributed by atoms with Crippen LogP contribution in [0.5, 0.6) is 11.5 Å². The highest BCUT2D eigenvalue weighted by Gasteiger charge is 2.09. The summed E-state index contributed by atoms with van der Waals surface area (Å²) in [6, 6.07) is 15.8. The summed E-state index contributed by atoms with van der Waals surface area (Å²) in [5.41, 5.74) is 2.10. The molecule has 0 aliphatic carbocycles. The lowest BCUT2D eigenvalue weighted by Gasteiger charge is -2.09. The molecule has 5 nitrogen and oxygen atoms in total. The lowest BCUT2D eigenvalue weighted by Crippen LogP contribution is -2.02. The van der Waals surface area contributed by atoms with Crippen molar-refractivity contribution in [2.24, 2.45) is 0 Å². The van der Waals surface area contributed by atoms with E-state index in [0.717, 1.165) is 28.6 Å². The summed E-state index contributed by atoms with van der Waals surface area (Å²) in [6.07, 6.45) is 0.672. The van der Waals surface area contributed by atoms with Gasteiger partial charge in [0.15, 0.2) is 4.77 Å². The molecule has 0 spiro atoms. The molecule has 0 saturated heterocycles. The van der Waals surface area contributed by atoms with Crippen molar-refractivity contribution in [3.63, 3.8) is 0 Å². The number of rotatable bonds is 6. The molecular weight excluding hydrogens is 322 g/mol. The molecule has 1 aromatic heterocycles. The van der Waals surface area contributed by atoms with Gasteiger partial charge in [0.25, 0.3) is 0 Å². The van der Waals surface area contributed by atoms with Crippen molar-refractivity contribution in [1.29, 1.82) is 0 Å². The van der Waals surface area contributed by atoms with Crippen LogP contribution < -0.4 is 9.47 Å². The van der Waals surface area contributed by atoms with Crippen molar-refractivity contribution in [3.8, 4) is 17.2 Å². The van der Waals surface area contributed by atoms with E-state index in [1.165, 1.54) is 0 Å². The smallest absolute Gasteiger partial charge is 0.199 e. The highest BCUT2D eigenvalue weighted by molar-refractivity contribution is 7.71. The molecule has 2 aromatic carbocycles. The summed E-state index contributed by atoms with van der Waals surface area (Å²) >= 11 is 5.38. The van der Waals surface area contributed by atoms with Crippen LogP contribution in [0, 0.1) is 4.77 Å². The Balaban J connectivity index is 1.87. The second-order valence-corrected chi connectivity index (χ2v) is 5.62. The molecule has 6 heteroatoms. The second-order valence-electron chi connectivity index (χ2n) is 5.23. The maximum Gasteiger partial charge on any atom is 0.199 e. The van der Waals surface area contributed by atoms with Crippen molar-refractivity contribution in [3.05, 3.63) is 64.7 Å². The van der Waals surface area contributed by atoms with Gasteiger partial charge >= 0.3 is 0 Å². The number of hydrogen-bond donors (Lipinski definition) is 1. The largest absolute Gasteiger partial charge is 0.497 e. The highest BCUT2D eigenvalue weighted by atomic mass is 32.1. The van der Waals surface area contributed by atoms with Crippen LogP contribution in [0.4, 0.5) is 0 Å².